The van der Waals surface area contributed by atoms with Crippen LogP contribution in [0, 0.1) is 5.92 Å². The molecule has 1 aliphatic heterocycles. The van der Waals surface area contributed by atoms with Crippen molar-refractivity contribution in [1.29, 1.82) is 0 Å². The van der Waals surface area contributed by atoms with Crippen molar-refractivity contribution in [2.75, 3.05) is 43.9 Å². The van der Waals surface area contributed by atoms with Gasteiger partial charge < -0.3 is 4.90 Å². The first kappa shape index (κ1) is 18.9. The largest absolute Gasteiger partial charge is 0.303 e. The average Bonchev–Trinajstić information content (AvgIpc) is 2.36. The van der Waals surface area contributed by atoms with Gasteiger partial charge >= 0.3 is 0 Å². The van der Waals surface area contributed by atoms with E-state index in [2.05, 4.69) is 16.5 Å². The summed E-state index contributed by atoms with van der Waals surface area (Å²) in [6.45, 7) is 5.82. The van der Waals surface area contributed by atoms with E-state index in [1.165, 1.54) is 0 Å². The molecule has 1 rings (SSSR count). The molecular formula is C13H28N2O4S2. The number of nitrogens with zero attached hydrogens (tertiary/aromatic N) is 1. The van der Waals surface area contributed by atoms with Gasteiger partial charge in [0.2, 0.25) is 10.0 Å². The molecule has 1 aliphatic rings. The predicted molar refractivity (Wildman–Crippen MR) is 85.6 cm³/mol. The van der Waals surface area contributed by atoms with Crippen LogP contribution in [0.2, 0.25) is 0 Å². The van der Waals surface area contributed by atoms with Crippen LogP contribution in [0.1, 0.15) is 32.6 Å². The molecule has 0 radical (unpaired) electrons. The lowest BCUT2D eigenvalue weighted by molar-refractivity contribution is 0.186. The summed E-state index contributed by atoms with van der Waals surface area (Å²) in [5.41, 5.74) is 0. The summed E-state index contributed by atoms with van der Waals surface area (Å²) in [6, 6.07) is 0. The second-order valence-corrected chi connectivity index (χ2v) is 10.1. The molecule has 1 saturated heterocycles. The van der Waals surface area contributed by atoms with Crippen LogP contribution < -0.4 is 4.72 Å². The van der Waals surface area contributed by atoms with Gasteiger partial charge in [-0.05, 0) is 51.2 Å². The number of piperidine rings is 1. The van der Waals surface area contributed by atoms with E-state index >= 15 is 0 Å². The van der Waals surface area contributed by atoms with Crippen LogP contribution in [0.25, 0.3) is 0 Å². The smallest absolute Gasteiger partial charge is 0.211 e. The number of rotatable bonds is 9. The molecule has 0 aliphatic carbocycles. The van der Waals surface area contributed by atoms with E-state index in [0.717, 1.165) is 45.2 Å². The van der Waals surface area contributed by atoms with E-state index in [1.54, 1.807) is 0 Å². The number of likely N-dealkylation sites (tertiary alicyclic amines) is 1. The fourth-order valence-corrected chi connectivity index (χ4v) is 4.57. The third-order valence-corrected chi connectivity index (χ3v) is 6.23. The van der Waals surface area contributed by atoms with Crippen LogP contribution in [-0.2, 0) is 19.9 Å². The highest BCUT2D eigenvalue weighted by molar-refractivity contribution is 7.91. The lowest BCUT2D eigenvalue weighted by Crippen LogP contribution is -2.39. The molecule has 21 heavy (non-hydrogen) atoms. The molecule has 126 valence electrons. The van der Waals surface area contributed by atoms with Crippen LogP contribution in [0.3, 0.4) is 0 Å². The predicted octanol–water partition coefficient (Wildman–Crippen LogP) is 0.463. The van der Waals surface area contributed by atoms with Crippen molar-refractivity contribution >= 4 is 19.9 Å². The highest BCUT2D eigenvalue weighted by Crippen LogP contribution is 2.16. The van der Waals surface area contributed by atoms with Crippen molar-refractivity contribution in [2.24, 2.45) is 5.92 Å². The maximum absolute atomic E-state index is 11.8. The number of hydrogen-bond acceptors (Lipinski definition) is 5. The van der Waals surface area contributed by atoms with Gasteiger partial charge in [-0.25, -0.2) is 21.6 Å². The highest BCUT2D eigenvalue weighted by atomic mass is 32.2. The number of hydrogen-bond donors (Lipinski definition) is 1. The molecule has 0 aromatic heterocycles. The monoisotopic (exact) mass is 340 g/mol. The summed E-state index contributed by atoms with van der Waals surface area (Å²) in [4.78, 5) is 2.41. The van der Waals surface area contributed by atoms with Crippen LogP contribution in [0.5, 0.6) is 0 Å². The summed E-state index contributed by atoms with van der Waals surface area (Å²) in [7, 11) is -6.45. The molecule has 6 nitrogen and oxygen atoms in total. The minimum absolute atomic E-state index is 0.0800. The summed E-state index contributed by atoms with van der Waals surface area (Å²) in [6.07, 6.45) is 4.47. The maximum atomic E-state index is 11.8. The van der Waals surface area contributed by atoms with E-state index in [-0.39, 0.29) is 17.9 Å². The lowest BCUT2D eigenvalue weighted by atomic mass is 9.97. The van der Waals surface area contributed by atoms with Crippen molar-refractivity contribution in [2.45, 2.75) is 32.6 Å². The zero-order valence-corrected chi connectivity index (χ0v) is 14.7. The molecule has 0 atom stereocenters. The number of sulfonamides is 1. The lowest BCUT2D eigenvalue weighted by Gasteiger charge is -2.31. The van der Waals surface area contributed by atoms with Crippen molar-refractivity contribution in [3.63, 3.8) is 0 Å². The third-order valence-electron chi connectivity index (χ3n) is 3.77. The van der Waals surface area contributed by atoms with Gasteiger partial charge in [-0.15, -0.1) is 0 Å². The van der Waals surface area contributed by atoms with Crippen molar-refractivity contribution < 1.29 is 16.8 Å². The molecule has 0 saturated carbocycles. The van der Waals surface area contributed by atoms with Gasteiger partial charge in [0.1, 0.15) is 9.84 Å². The molecule has 0 bridgehead atoms. The van der Waals surface area contributed by atoms with E-state index in [4.69, 9.17) is 0 Å². The minimum atomic E-state index is -3.36. The Morgan fingerprint density at radius 3 is 2.24 bits per heavy atom. The van der Waals surface area contributed by atoms with Crippen molar-refractivity contribution in [3.8, 4) is 0 Å². The Hall–Kier alpha value is -0.180. The van der Waals surface area contributed by atoms with E-state index in [0.29, 0.717) is 12.5 Å². The molecular weight excluding hydrogens is 312 g/mol. The molecule has 8 heteroatoms. The van der Waals surface area contributed by atoms with E-state index in [1.807, 2.05) is 0 Å². The Kier molecular flexibility index (Phi) is 7.59. The van der Waals surface area contributed by atoms with Gasteiger partial charge in [-0.3, -0.25) is 0 Å². The Morgan fingerprint density at radius 2 is 1.71 bits per heavy atom. The Morgan fingerprint density at radius 1 is 1.10 bits per heavy atom. The summed E-state index contributed by atoms with van der Waals surface area (Å²) in [5, 5.41) is 0. The second kappa shape index (κ2) is 8.45. The molecule has 0 amide bonds. The van der Waals surface area contributed by atoms with Gasteiger partial charge in [0.15, 0.2) is 0 Å². The first-order valence-electron chi connectivity index (χ1n) is 7.59. The minimum Gasteiger partial charge on any atom is -0.303 e. The zero-order chi connectivity index (χ0) is 15.9. The molecule has 1 N–H and O–H groups in total. The fraction of sp³-hybridized carbons (Fsp3) is 1.00. The molecule has 1 heterocycles. The molecule has 0 spiro atoms. The zero-order valence-electron chi connectivity index (χ0n) is 13.0. The Balaban J connectivity index is 2.25. The summed E-state index contributed by atoms with van der Waals surface area (Å²) < 4.78 is 48.2. The van der Waals surface area contributed by atoms with E-state index in [9.17, 15) is 16.8 Å². The molecule has 0 unspecified atom stereocenters. The summed E-state index contributed by atoms with van der Waals surface area (Å²) >= 11 is 0. The third kappa shape index (κ3) is 8.75. The summed E-state index contributed by atoms with van der Waals surface area (Å²) in [5.74, 6) is 0.195. The normalized spacial score (nSPS) is 19.0. The van der Waals surface area contributed by atoms with Crippen molar-refractivity contribution in [1.82, 2.24) is 9.62 Å². The molecule has 0 aromatic carbocycles. The van der Waals surface area contributed by atoms with Gasteiger partial charge in [0.25, 0.3) is 0 Å². The maximum Gasteiger partial charge on any atom is 0.211 e. The molecule has 1 fully saturated rings. The number of sulfone groups is 1. The molecule has 0 aromatic rings. The van der Waals surface area contributed by atoms with E-state index < -0.39 is 19.9 Å². The first-order valence-corrected chi connectivity index (χ1v) is 11.3. The van der Waals surface area contributed by atoms with Gasteiger partial charge in [0.05, 0.1) is 11.5 Å². The Labute approximate surface area is 129 Å². The average molecular weight is 341 g/mol. The quantitative estimate of drug-likeness (QED) is 0.659. The Bertz CT molecular complexity index is 494. The standard InChI is InChI=1S/C13H28N2O4S2/c1-3-7-15-8-5-13(6-9-15)12-14-21(18,19)11-4-10-20(2,16)17/h13-14H,3-12H2,1-2H3. The van der Waals surface area contributed by atoms with Crippen LogP contribution in [0.4, 0.5) is 0 Å². The second-order valence-electron chi connectivity index (χ2n) is 5.94. The topological polar surface area (TPSA) is 83.6 Å². The van der Waals surface area contributed by atoms with Crippen LogP contribution in [-0.4, -0.2) is 65.7 Å². The number of nitrogens with one attached hydrogen (secondary N) is 1. The van der Waals surface area contributed by atoms with Gasteiger partial charge in [-0.1, -0.05) is 6.92 Å². The van der Waals surface area contributed by atoms with Crippen LogP contribution in [0.15, 0.2) is 0 Å². The SMILES string of the molecule is CCCN1CCC(CNS(=O)(=O)CCCS(C)(=O)=O)CC1. The van der Waals surface area contributed by atoms with Crippen LogP contribution >= 0.6 is 0 Å². The highest BCUT2D eigenvalue weighted by Gasteiger charge is 2.20. The van der Waals surface area contributed by atoms with Crippen molar-refractivity contribution in [3.05, 3.63) is 0 Å². The fourth-order valence-electron chi connectivity index (χ4n) is 2.56. The van der Waals surface area contributed by atoms with Gasteiger partial charge in [-0.2, -0.15) is 0 Å². The van der Waals surface area contributed by atoms with Gasteiger partial charge in [0, 0.05) is 12.8 Å². The first-order chi connectivity index (χ1) is 9.72.